The summed E-state index contributed by atoms with van der Waals surface area (Å²) in [6.45, 7) is 11.8. The Balaban J connectivity index is 1.20. The number of ether oxygens (including phenoxy) is 1. The molecule has 2 aliphatic heterocycles. The van der Waals surface area contributed by atoms with Crippen molar-refractivity contribution < 1.29 is 14.3 Å². The molecule has 0 unspecified atom stereocenters. The number of aromatic nitrogens is 1. The molecule has 0 radical (unpaired) electrons. The minimum Gasteiger partial charge on any atom is -0.462 e. The lowest BCUT2D eigenvalue weighted by Crippen LogP contribution is -2.46. The number of hydrogen-bond donors (Lipinski definition) is 2. The number of carbonyl (C=O) groups is 2. The molecule has 1 atom stereocenters. The van der Waals surface area contributed by atoms with Crippen LogP contribution in [0.5, 0.6) is 0 Å². The Hall–Kier alpha value is -3.98. The number of carbonyl (C=O) groups excluding carboxylic acids is 2. The van der Waals surface area contributed by atoms with E-state index in [0.717, 1.165) is 78.8 Å². The Morgan fingerprint density at radius 1 is 0.911 bits per heavy atom. The van der Waals surface area contributed by atoms with E-state index in [1.807, 2.05) is 54.7 Å². The number of fused-ring (bicyclic) bond motifs is 2. The SMILES string of the molecule is CCCCN1CCN(CCCOC(=O)c2cc(C(=O)N3NC[C@@H](C)Cc4ccccc43)ccc2-c2ccc3[nH]ccc3c2)CC1. The lowest BCUT2D eigenvalue weighted by atomic mass is 9.96. The van der Waals surface area contributed by atoms with Gasteiger partial charge < -0.3 is 19.5 Å². The number of piperazine rings is 1. The van der Waals surface area contributed by atoms with Crippen molar-refractivity contribution in [2.45, 2.75) is 39.5 Å². The number of esters is 1. The van der Waals surface area contributed by atoms with Crippen molar-refractivity contribution in [3.8, 4) is 11.1 Å². The summed E-state index contributed by atoms with van der Waals surface area (Å²) in [5.41, 5.74) is 8.84. The molecule has 0 aliphatic carbocycles. The van der Waals surface area contributed by atoms with Crippen molar-refractivity contribution >= 4 is 28.5 Å². The summed E-state index contributed by atoms with van der Waals surface area (Å²) in [5, 5.41) is 2.69. The van der Waals surface area contributed by atoms with E-state index in [9.17, 15) is 9.59 Å². The molecule has 0 bridgehead atoms. The van der Waals surface area contributed by atoms with Crippen LogP contribution in [-0.4, -0.2) is 79.1 Å². The first-order valence-electron chi connectivity index (χ1n) is 16.5. The number of unbranched alkanes of at least 4 members (excludes halogenated alkanes) is 1. The Bertz CT molecular complexity index is 1620. The van der Waals surface area contributed by atoms with E-state index in [1.165, 1.54) is 19.4 Å². The van der Waals surface area contributed by atoms with Gasteiger partial charge in [0.05, 0.1) is 17.9 Å². The molecule has 3 heterocycles. The number of para-hydroxylation sites is 1. The second-order valence-corrected chi connectivity index (χ2v) is 12.5. The van der Waals surface area contributed by atoms with Crippen LogP contribution in [0.2, 0.25) is 0 Å². The molecule has 8 nitrogen and oxygen atoms in total. The average Bonchev–Trinajstić information content (AvgIpc) is 3.47. The second kappa shape index (κ2) is 14.4. The molecule has 0 saturated carbocycles. The van der Waals surface area contributed by atoms with Gasteiger partial charge in [0.1, 0.15) is 0 Å². The average molecular weight is 608 g/mol. The highest BCUT2D eigenvalue weighted by molar-refractivity contribution is 6.08. The number of nitrogens with one attached hydrogen (secondary N) is 2. The Morgan fingerprint density at radius 2 is 1.69 bits per heavy atom. The standard InChI is InChI=1S/C37H45N5O3/c1-3-4-16-40-18-20-41(21-19-40)17-7-22-45-37(44)33-25-31(10-12-32(33)28-11-13-34-29(24-28)14-15-38-34)36(43)42-35-9-6-5-8-30(35)23-27(2)26-39-42/h5-6,8-15,24-25,27,38-39H,3-4,7,16-23,26H2,1-2H3/t27-/m0/s1. The van der Waals surface area contributed by atoms with Gasteiger partial charge in [0.25, 0.3) is 5.91 Å². The van der Waals surface area contributed by atoms with Crippen molar-refractivity contribution in [3.05, 3.63) is 89.6 Å². The van der Waals surface area contributed by atoms with Crippen LogP contribution < -0.4 is 10.4 Å². The normalized spacial score (nSPS) is 17.6. The van der Waals surface area contributed by atoms with Crippen molar-refractivity contribution in [1.29, 1.82) is 0 Å². The molecule has 3 aromatic carbocycles. The summed E-state index contributed by atoms with van der Waals surface area (Å²) in [7, 11) is 0. The lowest BCUT2D eigenvalue weighted by Gasteiger charge is -2.34. The van der Waals surface area contributed by atoms with Crippen LogP contribution in [-0.2, 0) is 11.2 Å². The molecule has 2 aliphatic rings. The van der Waals surface area contributed by atoms with Crippen LogP contribution in [0.15, 0.2) is 72.9 Å². The third-order valence-electron chi connectivity index (χ3n) is 9.10. The van der Waals surface area contributed by atoms with Gasteiger partial charge in [-0.15, -0.1) is 0 Å². The molecule has 1 fully saturated rings. The number of aromatic amines is 1. The van der Waals surface area contributed by atoms with Crippen LogP contribution in [0.1, 0.15) is 59.4 Å². The predicted octanol–water partition coefficient (Wildman–Crippen LogP) is 6.14. The van der Waals surface area contributed by atoms with Crippen LogP contribution in [0.25, 0.3) is 22.0 Å². The molecule has 236 valence electrons. The molecule has 8 heteroatoms. The van der Waals surface area contributed by atoms with Gasteiger partial charge in [0, 0.05) is 56.5 Å². The maximum Gasteiger partial charge on any atom is 0.338 e. The molecule has 1 aromatic heterocycles. The molecule has 1 amide bonds. The van der Waals surface area contributed by atoms with Gasteiger partial charge in [-0.1, -0.05) is 50.6 Å². The molecular formula is C37H45N5O3. The van der Waals surface area contributed by atoms with Crippen molar-refractivity contribution in [2.75, 3.05) is 57.4 Å². The van der Waals surface area contributed by atoms with E-state index in [2.05, 4.69) is 46.2 Å². The highest BCUT2D eigenvalue weighted by Crippen LogP contribution is 2.31. The molecule has 45 heavy (non-hydrogen) atoms. The highest BCUT2D eigenvalue weighted by Gasteiger charge is 2.26. The number of anilines is 1. The van der Waals surface area contributed by atoms with Gasteiger partial charge in [-0.05, 0) is 90.2 Å². The summed E-state index contributed by atoms with van der Waals surface area (Å²) in [4.78, 5) is 35.9. The molecule has 1 saturated heterocycles. The summed E-state index contributed by atoms with van der Waals surface area (Å²) in [5.74, 6) is -0.225. The first kappa shape index (κ1) is 31.0. The summed E-state index contributed by atoms with van der Waals surface area (Å²) in [6, 6.07) is 21.5. The zero-order valence-electron chi connectivity index (χ0n) is 26.6. The van der Waals surface area contributed by atoms with Crippen molar-refractivity contribution in [2.24, 2.45) is 5.92 Å². The Morgan fingerprint density at radius 3 is 2.49 bits per heavy atom. The smallest absolute Gasteiger partial charge is 0.338 e. The summed E-state index contributed by atoms with van der Waals surface area (Å²) < 4.78 is 5.88. The third-order valence-corrected chi connectivity index (χ3v) is 9.10. The number of nitrogens with zero attached hydrogens (tertiary/aromatic N) is 3. The summed E-state index contributed by atoms with van der Waals surface area (Å²) in [6.07, 6.45) is 6.05. The fourth-order valence-corrected chi connectivity index (χ4v) is 6.46. The number of amides is 1. The van der Waals surface area contributed by atoms with Crippen molar-refractivity contribution in [1.82, 2.24) is 20.2 Å². The van der Waals surface area contributed by atoms with Crippen LogP contribution in [0, 0.1) is 5.92 Å². The van der Waals surface area contributed by atoms with Crippen molar-refractivity contribution in [3.63, 3.8) is 0 Å². The fourth-order valence-electron chi connectivity index (χ4n) is 6.46. The second-order valence-electron chi connectivity index (χ2n) is 12.5. The molecule has 6 rings (SSSR count). The zero-order valence-corrected chi connectivity index (χ0v) is 26.6. The van der Waals surface area contributed by atoms with E-state index in [0.29, 0.717) is 30.2 Å². The van der Waals surface area contributed by atoms with E-state index >= 15 is 0 Å². The number of hydrazine groups is 1. The third kappa shape index (κ3) is 7.30. The van der Waals surface area contributed by atoms with Crippen LogP contribution in [0.3, 0.4) is 0 Å². The van der Waals surface area contributed by atoms with Gasteiger partial charge >= 0.3 is 5.97 Å². The highest BCUT2D eigenvalue weighted by atomic mass is 16.5. The number of hydrogen-bond acceptors (Lipinski definition) is 6. The lowest BCUT2D eigenvalue weighted by molar-refractivity contribution is 0.0477. The topological polar surface area (TPSA) is 80.9 Å². The van der Waals surface area contributed by atoms with E-state index < -0.39 is 5.97 Å². The predicted molar refractivity (Wildman–Crippen MR) is 181 cm³/mol. The van der Waals surface area contributed by atoms with E-state index in [-0.39, 0.29) is 5.91 Å². The number of H-pyrrole nitrogens is 1. The van der Waals surface area contributed by atoms with Gasteiger partial charge in [-0.2, -0.15) is 0 Å². The van der Waals surface area contributed by atoms with Gasteiger partial charge in [-0.25, -0.2) is 15.2 Å². The number of rotatable bonds is 10. The first-order chi connectivity index (χ1) is 22.0. The molecule has 4 aromatic rings. The largest absolute Gasteiger partial charge is 0.462 e. The van der Waals surface area contributed by atoms with Gasteiger partial charge in [0.15, 0.2) is 0 Å². The first-order valence-corrected chi connectivity index (χ1v) is 16.5. The Labute approximate surface area is 266 Å². The quantitative estimate of drug-likeness (QED) is 0.167. The monoisotopic (exact) mass is 607 g/mol. The Kier molecular flexibility index (Phi) is 9.94. The van der Waals surface area contributed by atoms with Crippen LogP contribution in [0.4, 0.5) is 5.69 Å². The molecular weight excluding hydrogens is 562 g/mol. The van der Waals surface area contributed by atoms with Gasteiger partial charge in [-0.3, -0.25) is 4.79 Å². The minimum absolute atomic E-state index is 0.198. The van der Waals surface area contributed by atoms with E-state index in [1.54, 1.807) is 11.1 Å². The maximum absolute atomic E-state index is 14.0. The number of benzene rings is 3. The molecule has 2 N–H and O–H groups in total. The van der Waals surface area contributed by atoms with Crippen LogP contribution >= 0.6 is 0 Å². The summed E-state index contributed by atoms with van der Waals surface area (Å²) >= 11 is 0. The maximum atomic E-state index is 14.0. The fraction of sp³-hybridized carbons (Fsp3) is 0.405. The van der Waals surface area contributed by atoms with E-state index in [4.69, 9.17) is 4.74 Å². The molecule has 0 spiro atoms. The zero-order chi connectivity index (χ0) is 31.2. The minimum atomic E-state index is -0.406. The van der Waals surface area contributed by atoms with Gasteiger partial charge in [0.2, 0.25) is 0 Å².